The average molecular weight is 255 g/mol. The fourth-order valence-corrected chi connectivity index (χ4v) is 1.88. The first kappa shape index (κ1) is 12.7. The summed E-state index contributed by atoms with van der Waals surface area (Å²) in [7, 11) is 0. The highest BCUT2D eigenvalue weighted by Gasteiger charge is 2.40. The first-order chi connectivity index (χ1) is 7.69. The summed E-state index contributed by atoms with van der Waals surface area (Å²) in [6, 6.07) is 0. The lowest BCUT2D eigenvalue weighted by atomic mass is 10.1. The van der Waals surface area contributed by atoms with Gasteiger partial charge in [-0.3, -0.25) is 5.01 Å². The van der Waals surface area contributed by atoms with Gasteiger partial charge >= 0.3 is 0 Å². The van der Waals surface area contributed by atoms with E-state index in [4.69, 9.17) is 5.84 Å². The van der Waals surface area contributed by atoms with Gasteiger partial charge in [0, 0.05) is 11.5 Å². The van der Waals surface area contributed by atoms with Crippen molar-refractivity contribution in [2.45, 2.75) is 51.1 Å². The number of amidine groups is 1. The molecule has 5 nitrogen and oxygen atoms in total. The van der Waals surface area contributed by atoms with E-state index < -0.39 is 4.99 Å². The number of thiol groups is 1. The standard InChI is InChI=1S/C11H21N5S/c1-10(2,3)14-9-13-8(7-5-6-7)16(12)11(4,17)15-9/h7,17H,5-6,12H2,1-4H3,(H,14,15). The van der Waals surface area contributed by atoms with E-state index in [9.17, 15) is 0 Å². The molecule has 6 heteroatoms. The lowest BCUT2D eigenvalue weighted by Crippen LogP contribution is -2.55. The first-order valence-corrected chi connectivity index (χ1v) is 6.38. The van der Waals surface area contributed by atoms with E-state index in [0.717, 1.165) is 18.7 Å². The quantitative estimate of drug-likeness (QED) is 0.489. The van der Waals surface area contributed by atoms with Gasteiger partial charge in [0.05, 0.1) is 0 Å². The van der Waals surface area contributed by atoms with E-state index in [-0.39, 0.29) is 5.54 Å². The number of aliphatic imine (C=N–C) groups is 2. The minimum absolute atomic E-state index is 0.0718. The van der Waals surface area contributed by atoms with Crippen molar-refractivity contribution in [2.75, 3.05) is 0 Å². The zero-order valence-electron chi connectivity index (χ0n) is 10.9. The number of guanidine groups is 1. The van der Waals surface area contributed by atoms with Crippen LogP contribution in [0.25, 0.3) is 0 Å². The van der Waals surface area contributed by atoms with Crippen LogP contribution in [0.1, 0.15) is 40.5 Å². The molecule has 0 aromatic rings. The van der Waals surface area contributed by atoms with Crippen LogP contribution in [0, 0.1) is 5.92 Å². The number of hydrogen-bond donors (Lipinski definition) is 3. The third kappa shape index (κ3) is 2.93. The second-order valence-corrected chi connectivity index (χ2v) is 6.74. The molecular formula is C11H21N5S. The molecule has 0 saturated heterocycles. The van der Waals surface area contributed by atoms with Crippen LogP contribution >= 0.6 is 12.6 Å². The Kier molecular flexibility index (Phi) is 2.90. The summed E-state index contributed by atoms with van der Waals surface area (Å²) in [6.45, 7) is 8.10. The molecule has 1 heterocycles. The largest absolute Gasteiger partial charge is 0.350 e. The Labute approximate surface area is 108 Å². The normalized spacial score (nSPS) is 29.9. The Morgan fingerprint density at radius 3 is 2.53 bits per heavy atom. The molecule has 0 aromatic carbocycles. The molecule has 0 amide bonds. The van der Waals surface area contributed by atoms with E-state index in [1.54, 1.807) is 5.01 Å². The monoisotopic (exact) mass is 255 g/mol. The fourth-order valence-electron chi connectivity index (χ4n) is 1.68. The van der Waals surface area contributed by atoms with Gasteiger partial charge in [0.25, 0.3) is 0 Å². The SMILES string of the molecule is CC(C)(C)NC1=NC(C)(S)N(N)C(C2CC2)=N1. The maximum atomic E-state index is 6.01. The molecular weight excluding hydrogens is 234 g/mol. The molecule has 2 rings (SSSR count). The van der Waals surface area contributed by atoms with Crippen LogP contribution in [0.5, 0.6) is 0 Å². The summed E-state index contributed by atoms with van der Waals surface area (Å²) in [4.78, 5) is 8.21. The molecule has 96 valence electrons. The van der Waals surface area contributed by atoms with Gasteiger partial charge in [-0.05, 0) is 40.5 Å². The molecule has 0 spiro atoms. The van der Waals surface area contributed by atoms with Crippen LogP contribution in [-0.4, -0.2) is 27.3 Å². The molecule has 1 fully saturated rings. The Balaban J connectivity index is 2.26. The van der Waals surface area contributed by atoms with Gasteiger partial charge in [-0.2, -0.15) is 4.99 Å². The number of nitrogens with one attached hydrogen (secondary N) is 1. The predicted octanol–water partition coefficient (Wildman–Crippen LogP) is 1.33. The Morgan fingerprint density at radius 1 is 1.47 bits per heavy atom. The van der Waals surface area contributed by atoms with Crippen LogP contribution in [-0.2, 0) is 0 Å². The average Bonchev–Trinajstić information content (AvgIpc) is 2.90. The topological polar surface area (TPSA) is 66.0 Å². The van der Waals surface area contributed by atoms with Crippen LogP contribution in [0.3, 0.4) is 0 Å². The highest BCUT2D eigenvalue weighted by molar-refractivity contribution is 7.81. The van der Waals surface area contributed by atoms with Gasteiger partial charge < -0.3 is 5.32 Å². The number of nitrogens with zero attached hydrogens (tertiary/aromatic N) is 3. The van der Waals surface area contributed by atoms with Gasteiger partial charge in [-0.25, -0.2) is 10.8 Å². The molecule has 1 unspecified atom stereocenters. The number of hydrogen-bond acceptors (Lipinski definition) is 6. The Bertz CT molecular complexity index is 376. The molecule has 0 aromatic heterocycles. The van der Waals surface area contributed by atoms with Gasteiger partial charge in [0.2, 0.25) is 5.96 Å². The van der Waals surface area contributed by atoms with Crippen LogP contribution in [0.2, 0.25) is 0 Å². The molecule has 3 N–H and O–H groups in total. The van der Waals surface area contributed by atoms with E-state index in [1.807, 2.05) is 6.92 Å². The number of rotatable bonds is 1. The van der Waals surface area contributed by atoms with Crippen molar-refractivity contribution in [3.05, 3.63) is 0 Å². The highest BCUT2D eigenvalue weighted by Crippen LogP contribution is 2.36. The summed E-state index contributed by atoms with van der Waals surface area (Å²) < 4.78 is 0. The molecule has 17 heavy (non-hydrogen) atoms. The third-order valence-corrected chi connectivity index (χ3v) is 2.99. The van der Waals surface area contributed by atoms with Crippen LogP contribution < -0.4 is 11.2 Å². The minimum atomic E-state index is -0.729. The smallest absolute Gasteiger partial charge is 0.223 e. The maximum Gasteiger partial charge on any atom is 0.223 e. The van der Waals surface area contributed by atoms with E-state index in [1.165, 1.54) is 0 Å². The second-order valence-electron chi connectivity index (χ2n) is 5.90. The molecule has 1 saturated carbocycles. The van der Waals surface area contributed by atoms with Crippen molar-refractivity contribution in [3.8, 4) is 0 Å². The molecule has 0 bridgehead atoms. The zero-order valence-corrected chi connectivity index (χ0v) is 11.8. The van der Waals surface area contributed by atoms with Gasteiger partial charge in [-0.1, -0.05) is 0 Å². The van der Waals surface area contributed by atoms with E-state index >= 15 is 0 Å². The third-order valence-electron chi connectivity index (χ3n) is 2.67. The van der Waals surface area contributed by atoms with Crippen molar-refractivity contribution >= 4 is 24.4 Å². The molecule has 1 atom stereocenters. The van der Waals surface area contributed by atoms with Crippen molar-refractivity contribution < 1.29 is 0 Å². The highest BCUT2D eigenvalue weighted by atomic mass is 32.1. The van der Waals surface area contributed by atoms with Gasteiger partial charge in [0.15, 0.2) is 4.99 Å². The van der Waals surface area contributed by atoms with Crippen molar-refractivity contribution in [2.24, 2.45) is 21.7 Å². The van der Waals surface area contributed by atoms with Crippen molar-refractivity contribution in [1.29, 1.82) is 0 Å². The lowest BCUT2D eigenvalue weighted by Gasteiger charge is -2.37. The summed E-state index contributed by atoms with van der Waals surface area (Å²) in [6.07, 6.45) is 2.30. The van der Waals surface area contributed by atoms with Crippen molar-refractivity contribution in [1.82, 2.24) is 10.3 Å². The first-order valence-electron chi connectivity index (χ1n) is 5.93. The molecule has 1 aliphatic heterocycles. The molecule has 0 radical (unpaired) electrons. The molecule has 1 aliphatic carbocycles. The van der Waals surface area contributed by atoms with E-state index in [0.29, 0.717) is 11.9 Å². The summed E-state index contributed by atoms with van der Waals surface area (Å²) in [5, 5.41) is 4.85. The number of hydrazine groups is 1. The predicted molar refractivity (Wildman–Crippen MR) is 73.9 cm³/mol. The van der Waals surface area contributed by atoms with Gasteiger partial charge in [0.1, 0.15) is 5.84 Å². The van der Waals surface area contributed by atoms with Crippen molar-refractivity contribution in [3.63, 3.8) is 0 Å². The maximum absolute atomic E-state index is 6.01. The second kappa shape index (κ2) is 3.88. The van der Waals surface area contributed by atoms with Gasteiger partial charge in [-0.15, -0.1) is 12.6 Å². The summed E-state index contributed by atoms with van der Waals surface area (Å²) >= 11 is 4.50. The summed E-state index contributed by atoms with van der Waals surface area (Å²) in [5.74, 6) is 8.00. The minimum Gasteiger partial charge on any atom is -0.350 e. The number of nitrogens with two attached hydrogens (primary N) is 1. The van der Waals surface area contributed by atoms with Crippen LogP contribution in [0.15, 0.2) is 9.98 Å². The lowest BCUT2D eigenvalue weighted by molar-refractivity contribution is 0.301. The van der Waals surface area contributed by atoms with E-state index in [2.05, 4.69) is 48.7 Å². The van der Waals surface area contributed by atoms with Crippen LogP contribution in [0.4, 0.5) is 0 Å². The fraction of sp³-hybridized carbons (Fsp3) is 0.818. The summed E-state index contributed by atoms with van der Waals surface area (Å²) in [5.41, 5.74) is -0.0718. The Morgan fingerprint density at radius 2 is 2.06 bits per heavy atom. The molecule has 2 aliphatic rings. The zero-order chi connectivity index (χ0) is 12.8. The Hall–Kier alpha value is -0.750.